The molecule has 2 aromatic rings. The maximum absolute atomic E-state index is 11.8. The summed E-state index contributed by atoms with van der Waals surface area (Å²) < 4.78 is 10.6. The van der Waals surface area contributed by atoms with E-state index in [1.165, 1.54) is 0 Å². The maximum Gasteiger partial charge on any atom is 0.349 e. The van der Waals surface area contributed by atoms with Crippen LogP contribution in [0.5, 0.6) is 11.5 Å². The number of hydrogen-bond donors (Lipinski definition) is 0. The van der Waals surface area contributed by atoms with Crippen LogP contribution in [0.25, 0.3) is 0 Å². The molecule has 0 saturated carbocycles. The van der Waals surface area contributed by atoms with Gasteiger partial charge in [0.2, 0.25) is 0 Å². The average Bonchev–Trinajstić information content (AvgIpc) is 2.49. The van der Waals surface area contributed by atoms with Crippen molar-refractivity contribution in [3.63, 3.8) is 0 Å². The minimum atomic E-state index is -0.543. The van der Waals surface area contributed by atoms with Crippen LogP contribution in [0.3, 0.4) is 0 Å². The number of rotatable bonds is 4. The number of esters is 1. The monoisotopic (exact) mass is 281 g/mol. The summed E-state index contributed by atoms with van der Waals surface area (Å²) in [4.78, 5) is 11.8. The second-order valence-electron chi connectivity index (χ2n) is 4.57. The van der Waals surface area contributed by atoms with Crippen molar-refractivity contribution in [2.24, 2.45) is 0 Å². The molecule has 4 heteroatoms. The molecule has 2 rings (SSSR count). The third-order valence-electron chi connectivity index (χ3n) is 3.13. The largest absolute Gasteiger partial charge is 0.482 e. The van der Waals surface area contributed by atoms with E-state index in [0.29, 0.717) is 11.3 Å². The fourth-order valence-electron chi connectivity index (χ4n) is 1.82. The average molecular weight is 281 g/mol. The third-order valence-corrected chi connectivity index (χ3v) is 3.13. The molecule has 106 valence electrons. The van der Waals surface area contributed by atoms with Gasteiger partial charge in [0.25, 0.3) is 0 Å². The van der Waals surface area contributed by atoms with Crippen LogP contribution in [0.1, 0.15) is 16.7 Å². The standard InChI is InChI=1S/C17H15NO3/c1-12-6-5-9-15(13(12)2)20-11-17(19)21-16-8-4-3-7-14(16)10-18/h3-9H,11H2,1-2H3. The fraction of sp³-hybridized carbons (Fsp3) is 0.176. The van der Waals surface area contributed by atoms with Gasteiger partial charge in [0, 0.05) is 0 Å². The van der Waals surface area contributed by atoms with E-state index in [9.17, 15) is 4.79 Å². The molecule has 0 spiro atoms. The minimum Gasteiger partial charge on any atom is -0.482 e. The molecule has 0 aromatic heterocycles. The molecule has 0 aliphatic rings. The van der Waals surface area contributed by atoms with Crippen molar-refractivity contribution in [1.82, 2.24) is 0 Å². The molecule has 0 bridgehead atoms. The van der Waals surface area contributed by atoms with Crippen molar-refractivity contribution < 1.29 is 14.3 Å². The molecule has 0 N–H and O–H groups in total. The maximum atomic E-state index is 11.8. The van der Waals surface area contributed by atoms with Gasteiger partial charge in [-0.05, 0) is 43.2 Å². The molecule has 2 aromatic carbocycles. The number of nitriles is 1. The van der Waals surface area contributed by atoms with Crippen LogP contribution in [0.4, 0.5) is 0 Å². The summed E-state index contributed by atoms with van der Waals surface area (Å²) in [5.74, 6) is 0.355. The van der Waals surface area contributed by atoms with Gasteiger partial charge in [-0.1, -0.05) is 24.3 Å². The normalized spacial score (nSPS) is 9.76. The first-order valence-corrected chi connectivity index (χ1v) is 6.50. The summed E-state index contributed by atoms with van der Waals surface area (Å²) >= 11 is 0. The number of carbonyl (C=O) groups is 1. The van der Waals surface area contributed by atoms with Crippen LogP contribution in [0, 0.1) is 25.2 Å². The smallest absolute Gasteiger partial charge is 0.349 e. The van der Waals surface area contributed by atoms with Gasteiger partial charge in [0.15, 0.2) is 6.61 Å². The predicted molar refractivity (Wildman–Crippen MR) is 78.2 cm³/mol. The Morgan fingerprint density at radius 2 is 1.81 bits per heavy atom. The zero-order valence-electron chi connectivity index (χ0n) is 11.9. The van der Waals surface area contributed by atoms with Gasteiger partial charge in [-0.2, -0.15) is 5.26 Å². The van der Waals surface area contributed by atoms with Gasteiger partial charge in [-0.15, -0.1) is 0 Å². The summed E-state index contributed by atoms with van der Waals surface area (Å²) in [6.07, 6.45) is 0. The fourth-order valence-corrected chi connectivity index (χ4v) is 1.82. The summed E-state index contributed by atoms with van der Waals surface area (Å²) in [6.45, 7) is 3.70. The Morgan fingerprint density at radius 1 is 1.10 bits per heavy atom. The van der Waals surface area contributed by atoms with Crippen LogP contribution < -0.4 is 9.47 Å². The molecule has 0 atom stereocenters. The lowest BCUT2D eigenvalue weighted by Crippen LogP contribution is -2.18. The third kappa shape index (κ3) is 3.61. The van der Waals surface area contributed by atoms with Crippen LogP contribution in [0.2, 0.25) is 0 Å². The van der Waals surface area contributed by atoms with E-state index < -0.39 is 5.97 Å². The number of hydrogen-bond acceptors (Lipinski definition) is 4. The first kappa shape index (κ1) is 14.6. The molecule has 0 fully saturated rings. The van der Waals surface area contributed by atoms with E-state index in [0.717, 1.165) is 11.1 Å². The van der Waals surface area contributed by atoms with Gasteiger partial charge in [0.1, 0.15) is 17.6 Å². The summed E-state index contributed by atoms with van der Waals surface area (Å²) in [7, 11) is 0. The predicted octanol–water partition coefficient (Wildman–Crippen LogP) is 3.16. The van der Waals surface area contributed by atoms with Crippen LogP contribution >= 0.6 is 0 Å². The highest BCUT2D eigenvalue weighted by Gasteiger charge is 2.10. The van der Waals surface area contributed by atoms with E-state index >= 15 is 0 Å². The Hall–Kier alpha value is -2.80. The van der Waals surface area contributed by atoms with E-state index in [4.69, 9.17) is 14.7 Å². The lowest BCUT2D eigenvalue weighted by molar-refractivity contribution is -0.136. The first-order chi connectivity index (χ1) is 10.1. The Kier molecular flexibility index (Phi) is 4.57. The Morgan fingerprint density at radius 3 is 2.57 bits per heavy atom. The van der Waals surface area contributed by atoms with Gasteiger partial charge in [0.05, 0.1) is 5.56 Å². The van der Waals surface area contributed by atoms with E-state index in [1.54, 1.807) is 30.3 Å². The Balaban J connectivity index is 2.00. The van der Waals surface area contributed by atoms with Gasteiger partial charge < -0.3 is 9.47 Å². The lowest BCUT2D eigenvalue weighted by Gasteiger charge is -2.10. The van der Waals surface area contributed by atoms with Gasteiger partial charge in [-0.25, -0.2) is 4.79 Å². The number of carbonyl (C=O) groups excluding carboxylic acids is 1. The first-order valence-electron chi connectivity index (χ1n) is 6.50. The van der Waals surface area contributed by atoms with Crippen molar-refractivity contribution >= 4 is 5.97 Å². The van der Waals surface area contributed by atoms with Crippen molar-refractivity contribution in [2.75, 3.05) is 6.61 Å². The SMILES string of the molecule is Cc1cccc(OCC(=O)Oc2ccccc2C#N)c1C. The van der Waals surface area contributed by atoms with Gasteiger partial charge >= 0.3 is 5.97 Å². The molecular formula is C17H15NO3. The van der Waals surface area contributed by atoms with Crippen molar-refractivity contribution in [1.29, 1.82) is 5.26 Å². The molecule has 0 heterocycles. The minimum absolute atomic E-state index is 0.204. The van der Waals surface area contributed by atoms with E-state index in [1.807, 2.05) is 32.0 Å². The number of para-hydroxylation sites is 1. The molecule has 0 aliphatic heterocycles. The van der Waals surface area contributed by atoms with Crippen LogP contribution in [0.15, 0.2) is 42.5 Å². The van der Waals surface area contributed by atoms with Crippen LogP contribution in [-0.4, -0.2) is 12.6 Å². The van der Waals surface area contributed by atoms with Gasteiger partial charge in [-0.3, -0.25) is 0 Å². The zero-order chi connectivity index (χ0) is 15.2. The summed E-state index contributed by atoms with van der Waals surface area (Å²) in [5.41, 5.74) is 2.40. The lowest BCUT2D eigenvalue weighted by atomic mass is 10.1. The Bertz CT molecular complexity index is 701. The second-order valence-corrected chi connectivity index (χ2v) is 4.57. The molecular weight excluding hydrogens is 266 g/mol. The van der Waals surface area contributed by atoms with E-state index in [2.05, 4.69) is 0 Å². The highest BCUT2D eigenvalue weighted by atomic mass is 16.6. The highest BCUT2D eigenvalue weighted by Crippen LogP contribution is 2.21. The van der Waals surface area contributed by atoms with Crippen LogP contribution in [-0.2, 0) is 4.79 Å². The summed E-state index contributed by atoms with van der Waals surface area (Å²) in [6, 6.07) is 14.2. The molecule has 4 nitrogen and oxygen atoms in total. The second kappa shape index (κ2) is 6.58. The van der Waals surface area contributed by atoms with E-state index in [-0.39, 0.29) is 12.4 Å². The highest BCUT2D eigenvalue weighted by molar-refractivity contribution is 5.74. The molecule has 0 aliphatic carbocycles. The zero-order valence-corrected chi connectivity index (χ0v) is 11.9. The molecule has 0 radical (unpaired) electrons. The number of benzene rings is 2. The number of aryl methyl sites for hydroxylation is 1. The van der Waals surface area contributed by atoms with Crippen molar-refractivity contribution in [3.05, 3.63) is 59.2 Å². The summed E-state index contributed by atoms with van der Waals surface area (Å²) in [5, 5.41) is 8.93. The molecule has 0 amide bonds. The molecule has 21 heavy (non-hydrogen) atoms. The molecule has 0 saturated heterocycles. The number of ether oxygens (including phenoxy) is 2. The quantitative estimate of drug-likeness (QED) is 0.638. The van der Waals surface area contributed by atoms with Crippen molar-refractivity contribution in [2.45, 2.75) is 13.8 Å². The number of nitrogens with zero attached hydrogens (tertiary/aromatic N) is 1. The Labute approximate surface area is 123 Å². The van der Waals surface area contributed by atoms with Crippen molar-refractivity contribution in [3.8, 4) is 17.6 Å². The molecule has 0 unspecified atom stereocenters. The topological polar surface area (TPSA) is 59.3 Å².